The van der Waals surface area contributed by atoms with Gasteiger partial charge in [0.15, 0.2) is 0 Å². The normalized spacial score (nSPS) is 16.2. The number of aromatic nitrogens is 1. The van der Waals surface area contributed by atoms with Crippen LogP contribution in [0.15, 0.2) is 12.1 Å². The van der Waals surface area contributed by atoms with Crippen LogP contribution in [0.25, 0.3) is 0 Å². The number of anilines is 1. The first-order valence-corrected chi connectivity index (χ1v) is 6.76. The van der Waals surface area contributed by atoms with E-state index in [2.05, 4.69) is 9.71 Å². The van der Waals surface area contributed by atoms with Gasteiger partial charge in [0.25, 0.3) is 0 Å². The first-order valence-electron chi connectivity index (χ1n) is 5.22. The maximum atomic E-state index is 13.0. The van der Waals surface area contributed by atoms with E-state index in [9.17, 15) is 12.8 Å². The van der Waals surface area contributed by atoms with Gasteiger partial charge in [0.05, 0.1) is 5.56 Å². The Labute approximate surface area is 104 Å². The van der Waals surface area contributed by atoms with Gasteiger partial charge < -0.3 is 4.90 Å². The molecule has 2 rings (SSSR count). The molecule has 0 unspecified atom stereocenters. The van der Waals surface area contributed by atoms with Gasteiger partial charge in [-0.15, -0.1) is 0 Å². The van der Waals surface area contributed by atoms with Crippen molar-refractivity contribution in [1.29, 1.82) is 5.26 Å². The Kier molecular flexibility index (Phi) is 3.19. The molecule has 0 spiro atoms. The summed E-state index contributed by atoms with van der Waals surface area (Å²) < 4.78 is 38.2. The second-order valence-corrected chi connectivity index (χ2v) is 6.06. The number of nitrogens with zero attached hydrogens (tertiary/aromatic N) is 3. The molecule has 2 heterocycles. The first kappa shape index (κ1) is 12.7. The third-order valence-corrected chi connectivity index (χ3v) is 4.58. The highest BCUT2D eigenvalue weighted by Gasteiger charge is 2.38. The van der Waals surface area contributed by atoms with Crippen LogP contribution in [0.4, 0.5) is 10.2 Å². The molecule has 18 heavy (non-hydrogen) atoms. The number of halogens is 1. The fraction of sp³-hybridized carbons (Fsp3) is 0.400. The summed E-state index contributed by atoms with van der Waals surface area (Å²) in [5.74, 6) is -0.496. The smallest absolute Gasteiger partial charge is 0.217 e. The molecule has 0 amide bonds. The van der Waals surface area contributed by atoms with Crippen LogP contribution in [0.1, 0.15) is 5.56 Å². The molecule has 0 saturated carbocycles. The van der Waals surface area contributed by atoms with Crippen molar-refractivity contribution in [3.8, 4) is 6.07 Å². The number of sulfonamides is 1. The topological polar surface area (TPSA) is 86.1 Å². The van der Waals surface area contributed by atoms with E-state index >= 15 is 0 Å². The van der Waals surface area contributed by atoms with Crippen LogP contribution >= 0.6 is 0 Å². The van der Waals surface area contributed by atoms with Crippen molar-refractivity contribution < 1.29 is 12.8 Å². The van der Waals surface area contributed by atoms with Crippen LogP contribution in [0.2, 0.25) is 0 Å². The van der Waals surface area contributed by atoms with E-state index in [-0.39, 0.29) is 24.5 Å². The van der Waals surface area contributed by atoms with Crippen molar-refractivity contribution in [2.24, 2.45) is 0 Å². The van der Waals surface area contributed by atoms with Gasteiger partial charge in [-0.25, -0.2) is 18.1 Å². The summed E-state index contributed by atoms with van der Waals surface area (Å²) in [5, 5.41) is 8.32. The number of rotatable bonds is 3. The summed E-state index contributed by atoms with van der Waals surface area (Å²) in [4.78, 5) is 5.20. The van der Waals surface area contributed by atoms with Crippen molar-refractivity contribution in [3.05, 3.63) is 23.6 Å². The second-order valence-electron chi connectivity index (χ2n) is 3.89. The predicted octanol–water partition coefficient (Wildman–Crippen LogP) is -0.170. The largest absolute Gasteiger partial charge is 0.353 e. The molecule has 1 aromatic rings. The Bertz CT molecular complexity index is 605. The molecule has 8 heteroatoms. The average molecular weight is 270 g/mol. The molecule has 0 radical (unpaired) electrons. The number of hydrogen-bond acceptors (Lipinski definition) is 5. The highest BCUT2D eigenvalue weighted by molar-refractivity contribution is 7.90. The Morgan fingerprint density at radius 2 is 2.22 bits per heavy atom. The van der Waals surface area contributed by atoms with Crippen molar-refractivity contribution in [1.82, 2.24) is 9.71 Å². The summed E-state index contributed by atoms with van der Waals surface area (Å²) >= 11 is 0. The second kappa shape index (κ2) is 4.51. The molecular formula is C10H11FN4O2S. The minimum atomic E-state index is -3.33. The van der Waals surface area contributed by atoms with Crippen molar-refractivity contribution in [2.45, 2.75) is 5.25 Å². The van der Waals surface area contributed by atoms with Gasteiger partial charge in [-0.1, -0.05) is 0 Å². The van der Waals surface area contributed by atoms with Crippen molar-refractivity contribution >= 4 is 15.8 Å². The molecule has 6 nitrogen and oxygen atoms in total. The quantitative estimate of drug-likeness (QED) is 0.771. The molecule has 1 fully saturated rings. The van der Waals surface area contributed by atoms with Crippen LogP contribution < -0.4 is 9.62 Å². The lowest BCUT2D eigenvalue weighted by Gasteiger charge is -2.39. The fourth-order valence-electron chi connectivity index (χ4n) is 1.73. The zero-order valence-corrected chi connectivity index (χ0v) is 10.4. The third-order valence-electron chi connectivity index (χ3n) is 2.83. The van der Waals surface area contributed by atoms with E-state index in [1.165, 1.54) is 13.1 Å². The number of nitrogens with one attached hydrogen (secondary N) is 1. The molecular weight excluding hydrogens is 259 g/mol. The lowest BCUT2D eigenvalue weighted by Crippen LogP contribution is -2.57. The van der Waals surface area contributed by atoms with E-state index in [1.807, 2.05) is 6.07 Å². The SMILES string of the molecule is CNS(=O)(=O)C1CN(c2nc(F)ccc2C#N)C1. The molecule has 0 atom stereocenters. The van der Waals surface area contributed by atoms with Gasteiger partial charge in [-0.2, -0.15) is 9.65 Å². The minimum Gasteiger partial charge on any atom is -0.353 e. The lowest BCUT2D eigenvalue weighted by atomic mass is 10.1. The Balaban J connectivity index is 2.19. The van der Waals surface area contributed by atoms with Gasteiger partial charge in [-0.05, 0) is 19.2 Å². The van der Waals surface area contributed by atoms with Gasteiger partial charge in [0.1, 0.15) is 17.1 Å². The summed E-state index contributed by atoms with van der Waals surface area (Å²) in [5.41, 5.74) is 0.233. The maximum Gasteiger partial charge on any atom is 0.217 e. The van der Waals surface area contributed by atoms with Crippen molar-refractivity contribution in [3.63, 3.8) is 0 Å². The van der Waals surface area contributed by atoms with E-state index in [1.54, 1.807) is 4.90 Å². The number of pyridine rings is 1. The van der Waals surface area contributed by atoms with Gasteiger partial charge in [0, 0.05) is 13.1 Å². The Morgan fingerprint density at radius 3 is 2.78 bits per heavy atom. The molecule has 1 aliphatic rings. The first-order chi connectivity index (χ1) is 8.47. The fourth-order valence-corrected chi connectivity index (χ4v) is 2.81. The minimum absolute atomic E-state index is 0.194. The van der Waals surface area contributed by atoms with E-state index in [0.29, 0.717) is 0 Å². The third kappa shape index (κ3) is 2.14. The number of hydrogen-bond donors (Lipinski definition) is 1. The Morgan fingerprint density at radius 1 is 1.56 bits per heavy atom. The molecule has 1 saturated heterocycles. The standard InChI is InChI=1S/C10H11FN4O2S/c1-13-18(16,17)8-5-15(6-8)10-7(4-12)2-3-9(11)14-10/h2-3,8,13H,5-6H2,1H3. The highest BCUT2D eigenvalue weighted by Crippen LogP contribution is 2.25. The molecule has 1 aliphatic heterocycles. The van der Waals surface area contributed by atoms with Crippen LogP contribution in [-0.4, -0.2) is 38.8 Å². The molecule has 0 aromatic carbocycles. The van der Waals surface area contributed by atoms with Gasteiger partial charge in [0.2, 0.25) is 16.0 Å². The number of nitriles is 1. The zero-order chi connectivity index (χ0) is 13.3. The monoisotopic (exact) mass is 270 g/mol. The lowest BCUT2D eigenvalue weighted by molar-refractivity contribution is 0.526. The molecule has 96 valence electrons. The summed E-state index contributed by atoms with van der Waals surface area (Å²) in [7, 11) is -1.98. The van der Waals surface area contributed by atoms with Gasteiger partial charge >= 0.3 is 0 Å². The highest BCUT2D eigenvalue weighted by atomic mass is 32.2. The molecule has 0 aliphatic carbocycles. The van der Waals surface area contributed by atoms with Crippen LogP contribution in [-0.2, 0) is 10.0 Å². The average Bonchev–Trinajstić information content (AvgIpc) is 2.27. The molecule has 0 bridgehead atoms. The van der Waals surface area contributed by atoms with E-state index < -0.39 is 21.2 Å². The molecule has 1 N–H and O–H groups in total. The van der Waals surface area contributed by atoms with Crippen LogP contribution in [0.3, 0.4) is 0 Å². The van der Waals surface area contributed by atoms with E-state index in [0.717, 1.165) is 6.07 Å². The van der Waals surface area contributed by atoms with Crippen LogP contribution in [0, 0.1) is 17.3 Å². The maximum absolute atomic E-state index is 13.0. The Hall–Kier alpha value is -1.72. The van der Waals surface area contributed by atoms with Crippen LogP contribution in [0.5, 0.6) is 0 Å². The summed E-state index contributed by atoms with van der Waals surface area (Å²) in [6.07, 6.45) is 0. The molecule has 1 aromatic heterocycles. The zero-order valence-electron chi connectivity index (χ0n) is 9.59. The summed E-state index contributed by atoms with van der Waals surface area (Å²) in [6.45, 7) is 0.405. The van der Waals surface area contributed by atoms with E-state index in [4.69, 9.17) is 5.26 Å². The van der Waals surface area contributed by atoms with Gasteiger partial charge in [-0.3, -0.25) is 0 Å². The predicted molar refractivity (Wildman–Crippen MR) is 62.9 cm³/mol. The summed E-state index contributed by atoms with van der Waals surface area (Å²) in [6, 6.07) is 4.34. The van der Waals surface area contributed by atoms with Crippen molar-refractivity contribution in [2.75, 3.05) is 25.0 Å².